The molecule has 0 aliphatic carbocycles. The number of nitrogens with zero attached hydrogens (tertiary/aromatic N) is 5. The molecule has 1 aromatic carbocycles. The summed E-state index contributed by atoms with van der Waals surface area (Å²) >= 11 is 12.0. The summed E-state index contributed by atoms with van der Waals surface area (Å²) in [7, 11) is 1.30. The van der Waals surface area contributed by atoms with E-state index in [-0.39, 0.29) is 38.7 Å². The maximum Gasteiger partial charge on any atom is 0.416 e. The van der Waals surface area contributed by atoms with Gasteiger partial charge in [-0.15, -0.1) is 0 Å². The van der Waals surface area contributed by atoms with Gasteiger partial charge in [-0.3, -0.25) is 0 Å². The minimum Gasteiger partial charge on any atom is -0.481 e. The maximum absolute atomic E-state index is 12.9. The molecule has 1 heterocycles. The van der Waals surface area contributed by atoms with Gasteiger partial charge in [0.15, 0.2) is 5.70 Å². The van der Waals surface area contributed by atoms with Crippen LogP contribution in [0.5, 0.6) is 5.88 Å². The fraction of sp³-hybridized carbons (Fsp3) is 0.125. The summed E-state index contributed by atoms with van der Waals surface area (Å²) in [6, 6.07) is 6.02. The highest BCUT2D eigenvalue weighted by molar-refractivity contribution is 6.37. The Bertz CT molecular complexity index is 1040. The molecule has 0 atom stereocenters. The second-order valence-corrected chi connectivity index (χ2v) is 5.87. The van der Waals surface area contributed by atoms with Crippen molar-refractivity contribution in [2.24, 2.45) is 10.7 Å². The van der Waals surface area contributed by atoms with Gasteiger partial charge in [-0.2, -0.15) is 33.5 Å². The molecular formula is C16H9Cl2F3N6O. The highest BCUT2D eigenvalue weighted by Gasteiger charge is 2.32. The minimum absolute atomic E-state index is 0.0413. The molecule has 12 heteroatoms. The number of aromatic nitrogens is 2. The Labute approximate surface area is 166 Å². The van der Waals surface area contributed by atoms with Crippen LogP contribution >= 0.6 is 23.2 Å². The molecule has 0 amide bonds. The summed E-state index contributed by atoms with van der Waals surface area (Å²) in [5.41, 5.74) is 3.70. The fourth-order valence-corrected chi connectivity index (χ4v) is 2.67. The van der Waals surface area contributed by atoms with Gasteiger partial charge in [0.05, 0.1) is 28.9 Å². The van der Waals surface area contributed by atoms with Crippen LogP contribution in [0.25, 0.3) is 5.69 Å². The third kappa shape index (κ3) is 4.36. The number of aliphatic imine (C=N–C) groups is 1. The number of nitrogens with two attached hydrogens (primary N) is 1. The number of methoxy groups -OCH3 is 1. The molecule has 144 valence electrons. The molecule has 0 unspecified atom stereocenters. The number of allylic oxidation sites excluding steroid dienone is 2. The number of halogens is 5. The van der Waals surface area contributed by atoms with E-state index < -0.39 is 11.7 Å². The topological polar surface area (TPSA) is 113 Å². The standard InChI is InChI=1S/C16H9Cl2F3N6O/c1-28-14-4-9(7-25-13(6-23)12(24)5-22)26-27(14)15-10(17)2-8(3-11(15)18)16(19,20)21/h2-4,7H,24H2,1H3. The third-order valence-electron chi connectivity index (χ3n) is 3.27. The van der Waals surface area contributed by atoms with Crippen LogP contribution in [-0.4, -0.2) is 23.1 Å². The van der Waals surface area contributed by atoms with Crippen molar-refractivity contribution in [3.63, 3.8) is 0 Å². The molecule has 0 bridgehead atoms. The second-order valence-electron chi connectivity index (χ2n) is 5.05. The van der Waals surface area contributed by atoms with Crippen molar-refractivity contribution in [3.8, 4) is 23.7 Å². The lowest BCUT2D eigenvalue weighted by Crippen LogP contribution is -2.08. The molecule has 2 rings (SSSR count). The highest BCUT2D eigenvalue weighted by atomic mass is 35.5. The number of hydrogen-bond donors (Lipinski definition) is 1. The van der Waals surface area contributed by atoms with Crippen LogP contribution in [0.1, 0.15) is 11.3 Å². The number of ether oxygens (including phenoxy) is 1. The zero-order valence-electron chi connectivity index (χ0n) is 13.9. The van der Waals surface area contributed by atoms with Gasteiger partial charge in [-0.05, 0) is 12.1 Å². The summed E-state index contributed by atoms with van der Waals surface area (Å²) in [6.07, 6.45) is -3.51. The van der Waals surface area contributed by atoms with Crippen LogP contribution in [0.2, 0.25) is 10.0 Å². The Morgan fingerprint density at radius 1 is 1.25 bits per heavy atom. The van der Waals surface area contributed by atoms with E-state index in [9.17, 15) is 13.2 Å². The number of benzene rings is 1. The third-order valence-corrected chi connectivity index (χ3v) is 3.84. The average molecular weight is 429 g/mol. The van der Waals surface area contributed by atoms with E-state index >= 15 is 0 Å². The van der Waals surface area contributed by atoms with Gasteiger partial charge in [0, 0.05) is 6.07 Å². The van der Waals surface area contributed by atoms with E-state index in [2.05, 4.69) is 10.1 Å². The number of rotatable bonds is 4. The van der Waals surface area contributed by atoms with Gasteiger partial charge in [0.2, 0.25) is 5.88 Å². The monoisotopic (exact) mass is 428 g/mol. The molecule has 7 nitrogen and oxygen atoms in total. The van der Waals surface area contributed by atoms with Crippen molar-refractivity contribution in [2.45, 2.75) is 6.18 Å². The Balaban J connectivity index is 2.55. The van der Waals surface area contributed by atoms with E-state index in [1.807, 2.05) is 0 Å². The second kappa shape index (κ2) is 8.21. The normalized spacial score (nSPS) is 12.4. The lowest BCUT2D eigenvalue weighted by atomic mass is 10.2. The SMILES string of the molecule is COc1cc(C=NC(C#N)=C(N)C#N)nn1-c1c(Cl)cc(C(F)(F)F)cc1Cl. The van der Waals surface area contributed by atoms with Crippen molar-refractivity contribution in [1.29, 1.82) is 10.5 Å². The van der Waals surface area contributed by atoms with E-state index in [1.54, 1.807) is 12.1 Å². The summed E-state index contributed by atoms with van der Waals surface area (Å²) in [4.78, 5) is 3.76. The zero-order chi connectivity index (χ0) is 21.1. The lowest BCUT2D eigenvalue weighted by Gasteiger charge is -2.13. The van der Waals surface area contributed by atoms with Crippen LogP contribution in [0.4, 0.5) is 13.2 Å². The van der Waals surface area contributed by atoms with E-state index in [1.165, 1.54) is 13.2 Å². The minimum atomic E-state index is -4.63. The van der Waals surface area contributed by atoms with Crippen LogP contribution < -0.4 is 10.5 Å². The van der Waals surface area contributed by atoms with Crippen molar-refractivity contribution >= 4 is 29.4 Å². The van der Waals surface area contributed by atoms with Gasteiger partial charge < -0.3 is 10.5 Å². The Morgan fingerprint density at radius 2 is 1.86 bits per heavy atom. The Hall–Kier alpha value is -3.21. The number of alkyl halides is 3. The predicted molar refractivity (Wildman–Crippen MR) is 95.2 cm³/mol. The number of nitriles is 2. The largest absolute Gasteiger partial charge is 0.481 e. The summed E-state index contributed by atoms with van der Waals surface area (Å²) in [6.45, 7) is 0. The molecule has 0 fully saturated rings. The molecule has 0 saturated heterocycles. The number of hydrogen-bond acceptors (Lipinski definition) is 6. The van der Waals surface area contributed by atoms with Crippen molar-refractivity contribution < 1.29 is 17.9 Å². The van der Waals surface area contributed by atoms with Gasteiger partial charge in [0.1, 0.15) is 29.2 Å². The van der Waals surface area contributed by atoms with Crippen molar-refractivity contribution in [1.82, 2.24) is 9.78 Å². The summed E-state index contributed by atoms with van der Waals surface area (Å²) in [5, 5.41) is 21.1. The molecule has 0 aliphatic rings. The first-order chi connectivity index (χ1) is 13.1. The van der Waals surface area contributed by atoms with Crippen LogP contribution in [0, 0.1) is 22.7 Å². The molecule has 2 aromatic rings. The molecule has 0 aliphatic heterocycles. The first-order valence-electron chi connectivity index (χ1n) is 7.17. The molecular weight excluding hydrogens is 420 g/mol. The molecule has 0 spiro atoms. The molecule has 28 heavy (non-hydrogen) atoms. The smallest absolute Gasteiger partial charge is 0.416 e. The molecule has 1 aromatic heterocycles. The molecule has 2 N–H and O–H groups in total. The fourth-order valence-electron chi connectivity index (χ4n) is 2.02. The Morgan fingerprint density at radius 3 is 2.32 bits per heavy atom. The average Bonchev–Trinajstić information content (AvgIpc) is 3.03. The summed E-state index contributed by atoms with van der Waals surface area (Å²) in [5.74, 6) is 0.0840. The maximum atomic E-state index is 12.9. The van der Waals surface area contributed by atoms with Gasteiger partial charge in [-0.25, -0.2) is 4.99 Å². The Kier molecular flexibility index (Phi) is 6.19. The van der Waals surface area contributed by atoms with E-state index in [0.717, 1.165) is 10.9 Å². The highest BCUT2D eigenvalue weighted by Crippen LogP contribution is 2.38. The first kappa shape index (κ1) is 21.1. The van der Waals surface area contributed by atoms with Crippen molar-refractivity contribution in [2.75, 3.05) is 7.11 Å². The molecule has 0 saturated carbocycles. The lowest BCUT2D eigenvalue weighted by molar-refractivity contribution is -0.137. The van der Waals surface area contributed by atoms with Crippen LogP contribution in [0.3, 0.4) is 0 Å². The quantitative estimate of drug-likeness (QED) is 0.586. The van der Waals surface area contributed by atoms with Gasteiger partial charge in [-0.1, -0.05) is 23.2 Å². The predicted octanol–water partition coefficient (Wildman–Crippen LogP) is 3.84. The molecule has 0 radical (unpaired) electrons. The van der Waals surface area contributed by atoms with E-state index in [4.69, 9.17) is 44.2 Å². The van der Waals surface area contributed by atoms with E-state index in [0.29, 0.717) is 12.1 Å². The van der Waals surface area contributed by atoms with Crippen LogP contribution in [-0.2, 0) is 6.18 Å². The van der Waals surface area contributed by atoms with Gasteiger partial charge >= 0.3 is 6.18 Å². The van der Waals surface area contributed by atoms with Crippen molar-refractivity contribution in [3.05, 3.63) is 50.9 Å². The zero-order valence-corrected chi connectivity index (χ0v) is 15.4. The van der Waals surface area contributed by atoms with Gasteiger partial charge in [0.25, 0.3) is 0 Å². The summed E-state index contributed by atoms with van der Waals surface area (Å²) < 4.78 is 44.9. The first-order valence-corrected chi connectivity index (χ1v) is 7.92. The van der Waals surface area contributed by atoms with Crippen LogP contribution in [0.15, 0.2) is 34.6 Å².